The first-order chi connectivity index (χ1) is 4.11. The van der Waals surface area contributed by atoms with E-state index in [2.05, 4.69) is 32.3 Å². The third-order valence-electron chi connectivity index (χ3n) is 1.73. The van der Waals surface area contributed by atoms with Crippen LogP contribution in [0.2, 0.25) is 14.0 Å². The van der Waals surface area contributed by atoms with Gasteiger partial charge in [0.25, 0.3) is 0 Å². The van der Waals surface area contributed by atoms with Crippen LogP contribution in [-0.4, -0.2) is 0 Å². The van der Waals surface area contributed by atoms with Gasteiger partial charge in [-0.25, -0.2) is 0 Å². The molecule has 0 spiro atoms. The maximum absolute atomic E-state index is 2.48. The SMILES string of the molecule is Cl.Cl.Cl.[CH3][Hf]([CH3])([CH3])[C]1=CC=CC1. The first kappa shape index (κ1) is 18.9. The maximum atomic E-state index is 2.48. The van der Waals surface area contributed by atoms with Crippen LogP contribution < -0.4 is 0 Å². The van der Waals surface area contributed by atoms with Gasteiger partial charge in [-0.2, -0.15) is 0 Å². The fraction of sp³-hybridized carbons (Fsp3) is 0.500. The van der Waals surface area contributed by atoms with E-state index in [0.29, 0.717) is 0 Å². The van der Waals surface area contributed by atoms with Crippen LogP contribution in [0.4, 0.5) is 0 Å². The van der Waals surface area contributed by atoms with Crippen LogP contribution >= 0.6 is 37.2 Å². The van der Waals surface area contributed by atoms with E-state index in [1.807, 2.05) is 0 Å². The molecule has 74 valence electrons. The summed E-state index contributed by atoms with van der Waals surface area (Å²) in [6, 6.07) is 0. The number of rotatable bonds is 1. The molecular weight excluding hydrogens is 381 g/mol. The zero-order valence-corrected chi connectivity index (χ0v) is 13.7. The molecule has 4 heteroatoms. The molecule has 0 fully saturated rings. The Morgan fingerprint density at radius 1 is 1.08 bits per heavy atom. The van der Waals surface area contributed by atoms with Crippen molar-refractivity contribution in [3.8, 4) is 0 Å². The Balaban J connectivity index is -0.000000270. The van der Waals surface area contributed by atoms with Gasteiger partial charge in [-0.15, -0.1) is 37.2 Å². The number of hydrogen-bond acceptors (Lipinski definition) is 0. The second-order valence-corrected chi connectivity index (χ2v) is 22.0. The molecule has 0 aromatic carbocycles. The van der Waals surface area contributed by atoms with Crippen molar-refractivity contribution < 1.29 is 20.0 Å². The molecule has 0 heterocycles. The average molecular weight is 398 g/mol. The summed E-state index contributed by atoms with van der Waals surface area (Å²) in [5.74, 6) is 0. The van der Waals surface area contributed by atoms with E-state index in [0.717, 1.165) is 0 Å². The summed E-state index contributed by atoms with van der Waals surface area (Å²) in [5.41, 5.74) is 0. The molecule has 0 saturated heterocycles. The molecule has 0 aromatic heterocycles. The van der Waals surface area contributed by atoms with E-state index in [-0.39, 0.29) is 37.2 Å². The standard InChI is InChI=1S/C5H5.3CH3.3ClH.Hf/c1-2-4-5-3-1;;;;;;;/h1-3H,4H2;3*1H3;3*1H;. The van der Waals surface area contributed by atoms with E-state index < -0.39 is 20.0 Å². The number of allylic oxidation sites excluding steroid dienone is 4. The Bertz CT molecular complexity index is 168. The molecule has 1 aliphatic rings. The van der Waals surface area contributed by atoms with Gasteiger partial charge < -0.3 is 0 Å². The average Bonchev–Trinajstić information content (AvgIpc) is 2.08. The second-order valence-electron chi connectivity index (χ2n) is 3.57. The second kappa shape index (κ2) is 7.61. The van der Waals surface area contributed by atoms with Crippen molar-refractivity contribution in [3.05, 3.63) is 21.6 Å². The molecule has 0 unspecified atom stereocenters. The predicted octanol–water partition coefficient (Wildman–Crippen LogP) is 4.39. The van der Waals surface area contributed by atoms with Crippen LogP contribution in [0.1, 0.15) is 6.42 Å². The fourth-order valence-corrected chi connectivity index (χ4v) is 5.77. The third kappa shape index (κ3) is 5.80. The van der Waals surface area contributed by atoms with Gasteiger partial charge in [-0.1, -0.05) is 0 Å². The van der Waals surface area contributed by atoms with Crippen molar-refractivity contribution in [2.75, 3.05) is 0 Å². The van der Waals surface area contributed by atoms with E-state index in [1.54, 1.807) is 3.33 Å². The Morgan fingerprint density at radius 3 is 1.75 bits per heavy atom. The summed E-state index contributed by atoms with van der Waals surface area (Å²) in [5, 5.41) is 0. The first-order valence-electron chi connectivity index (χ1n) is 3.47. The van der Waals surface area contributed by atoms with Crippen LogP contribution in [0.25, 0.3) is 0 Å². The molecule has 0 saturated carbocycles. The zero-order chi connectivity index (χ0) is 6.91. The molecule has 0 radical (unpaired) electrons. The summed E-state index contributed by atoms with van der Waals surface area (Å²) in [6.45, 7) is 0. The zero-order valence-electron chi connectivity index (χ0n) is 7.66. The van der Waals surface area contributed by atoms with E-state index in [4.69, 9.17) is 0 Å². The third-order valence-corrected chi connectivity index (χ3v) is 9.99. The van der Waals surface area contributed by atoms with Gasteiger partial charge in [0, 0.05) is 0 Å². The minimum atomic E-state index is -1.71. The van der Waals surface area contributed by atoms with Gasteiger partial charge in [0.15, 0.2) is 0 Å². The molecule has 0 N–H and O–H groups in total. The van der Waals surface area contributed by atoms with E-state index >= 15 is 0 Å². The quantitative estimate of drug-likeness (QED) is 0.575. The molecule has 1 rings (SSSR count). The van der Waals surface area contributed by atoms with Crippen LogP contribution in [-0.2, 0) is 20.0 Å². The Kier molecular flexibility index (Phi) is 12.0. The normalized spacial score (nSPS) is 13.8. The molecule has 12 heavy (non-hydrogen) atoms. The molecule has 0 atom stereocenters. The summed E-state index contributed by atoms with van der Waals surface area (Å²) in [7, 11) is 0. The van der Waals surface area contributed by atoms with Gasteiger partial charge in [0.1, 0.15) is 0 Å². The molecule has 0 aliphatic heterocycles. The van der Waals surface area contributed by atoms with E-state index in [9.17, 15) is 0 Å². The van der Waals surface area contributed by atoms with Gasteiger partial charge in [0.2, 0.25) is 0 Å². The fourth-order valence-electron chi connectivity index (χ4n) is 1.00. The molecule has 0 nitrogen and oxygen atoms in total. The molecule has 0 bridgehead atoms. The van der Waals surface area contributed by atoms with Crippen LogP contribution in [0.5, 0.6) is 0 Å². The predicted molar refractivity (Wildman–Crippen MR) is 61.2 cm³/mol. The number of halogens is 3. The van der Waals surface area contributed by atoms with Gasteiger partial charge >= 0.3 is 62.0 Å². The van der Waals surface area contributed by atoms with Crippen molar-refractivity contribution in [1.29, 1.82) is 0 Å². The van der Waals surface area contributed by atoms with Crippen LogP contribution in [0, 0.1) is 0 Å². The van der Waals surface area contributed by atoms with Gasteiger partial charge in [-0.3, -0.25) is 0 Å². The van der Waals surface area contributed by atoms with E-state index in [1.165, 1.54) is 6.42 Å². The topological polar surface area (TPSA) is 0 Å². The van der Waals surface area contributed by atoms with Crippen molar-refractivity contribution in [2.24, 2.45) is 0 Å². The van der Waals surface area contributed by atoms with Crippen molar-refractivity contribution in [2.45, 2.75) is 20.5 Å². The van der Waals surface area contributed by atoms with Crippen molar-refractivity contribution in [1.82, 2.24) is 0 Å². The summed E-state index contributed by atoms with van der Waals surface area (Å²) < 4.78 is 9.20. The monoisotopic (exact) mass is 398 g/mol. The van der Waals surface area contributed by atoms with Crippen molar-refractivity contribution in [3.63, 3.8) is 0 Å². The van der Waals surface area contributed by atoms with Crippen LogP contribution in [0.15, 0.2) is 21.6 Å². The molecule has 1 aliphatic carbocycles. The Morgan fingerprint density at radius 2 is 1.58 bits per heavy atom. The number of hydrogen-bond donors (Lipinski definition) is 0. The molecule has 0 amide bonds. The Labute approximate surface area is 98.4 Å². The van der Waals surface area contributed by atoms with Crippen LogP contribution in [0.3, 0.4) is 0 Å². The first-order valence-corrected chi connectivity index (χ1v) is 16.0. The molecule has 0 aromatic rings. The summed E-state index contributed by atoms with van der Waals surface area (Å²) >= 11 is -1.71. The minimum absolute atomic E-state index is 0. The summed E-state index contributed by atoms with van der Waals surface area (Å²) in [6.07, 6.45) is 8.04. The van der Waals surface area contributed by atoms with Gasteiger partial charge in [0.05, 0.1) is 0 Å². The summed E-state index contributed by atoms with van der Waals surface area (Å²) in [4.78, 5) is 0. The van der Waals surface area contributed by atoms with Crippen molar-refractivity contribution >= 4 is 37.2 Å². The Hall–Kier alpha value is 1.22. The van der Waals surface area contributed by atoms with Gasteiger partial charge in [-0.05, 0) is 0 Å². The molecular formula is C8H17Cl3Hf.